The third kappa shape index (κ3) is 2.57. The number of rotatable bonds is 2. The molecule has 1 saturated heterocycles. The lowest BCUT2D eigenvalue weighted by Crippen LogP contribution is -2.38. The highest BCUT2D eigenvalue weighted by atomic mass is 35.7. The Kier molecular flexibility index (Phi) is 3.18. The van der Waals surface area contributed by atoms with Crippen LogP contribution >= 0.6 is 10.7 Å². The third-order valence-corrected chi connectivity index (χ3v) is 4.04. The molecule has 0 bridgehead atoms. The van der Waals surface area contributed by atoms with E-state index >= 15 is 0 Å². The summed E-state index contributed by atoms with van der Waals surface area (Å²) in [7, 11) is 1.32. The lowest BCUT2D eigenvalue weighted by Gasteiger charge is -2.17. The van der Waals surface area contributed by atoms with Gasteiger partial charge in [-0.2, -0.15) is 0 Å². The predicted molar refractivity (Wildman–Crippen MR) is 50.0 cm³/mol. The second-order valence-electron chi connectivity index (χ2n) is 3.15. The molecule has 4 nitrogen and oxygen atoms in total. The van der Waals surface area contributed by atoms with Gasteiger partial charge in [0.1, 0.15) is 0 Å². The molecule has 13 heavy (non-hydrogen) atoms. The minimum atomic E-state index is -3.76. The number of carbonyl (C=O) groups is 1. The van der Waals surface area contributed by atoms with Crippen molar-refractivity contribution in [1.29, 1.82) is 0 Å². The van der Waals surface area contributed by atoms with Crippen LogP contribution in [0.4, 0.5) is 0 Å². The van der Waals surface area contributed by atoms with Crippen molar-refractivity contribution in [3.63, 3.8) is 0 Å². The predicted octanol–water partition coefficient (Wildman–Crippen LogP) is 0.566. The zero-order valence-corrected chi connectivity index (χ0v) is 8.94. The van der Waals surface area contributed by atoms with Crippen molar-refractivity contribution < 1.29 is 13.2 Å². The van der Waals surface area contributed by atoms with E-state index < -0.39 is 14.3 Å². The van der Waals surface area contributed by atoms with Gasteiger partial charge in [0.15, 0.2) is 5.25 Å². The summed E-state index contributed by atoms with van der Waals surface area (Å²) in [5, 5.41) is -1.12. The number of halogens is 1. The van der Waals surface area contributed by atoms with Crippen LogP contribution < -0.4 is 0 Å². The normalized spacial score (nSPS) is 20.3. The monoisotopic (exact) mass is 225 g/mol. The quantitative estimate of drug-likeness (QED) is 0.646. The van der Waals surface area contributed by atoms with Gasteiger partial charge in [-0.3, -0.25) is 4.79 Å². The molecule has 1 fully saturated rings. The highest BCUT2D eigenvalue weighted by Gasteiger charge is 2.31. The van der Waals surface area contributed by atoms with Crippen molar-refractivity contribution in [3.05, 3.63) is 0 Å². The maximum absolute atomic E-state index is 11.5. The Bertz CT molecular complexity index is 295. The fourth-order valence-electron chi connectivity index (χ4n) is 1.32. The van der Waals surface area contributed by atoms with Gasteiger partial charge in [0, 0.05) is 23.8 Å². The molecule has 0 aromatic carbocycles. The van der Waals surface area contributed by atoms with E-state index in [0.717, 1.165) is 12.8 Å². The Morgan fingerprint density at radius 1 is 1.38 bits per heavy atom. The van der Waals surface area contributed by atoms with Crippen molar-refractivity contribution in [2.24, 2.45) is 0 Å². The van der Waals surface area contributed by atoms with E-state index in [-0.39, 0.29) is 5.91 Å². The Hall–Kier alpha value is -0.290. The van der Waals surface area contributed by atoms with Crippen LogP contribution in [0.25, 0.3) is 0 Å². The van der Waals surface area contributed by atoms with Crippen LogP contribution in [0.3, 0.4) is 0 Å². The van der Waals surface area contributed by atoms with E-state index in [9.17, 15) is 13.2 Å². The molecule has 0 aliphatic carbocycles. The minimum Gasteiger partial charge on any atom is -0.342 e. The highest BCUT2D eigenvalue weighted by Crippen LogP contribution is 2.14. The molecule has 0 aromatic rings. The Morgan fingerprint density at radius 3 is 2.23 bits per heavy atom. The topological polar surface area (TPSA) is 54.5 Å². The summed E-state index contributed by atoms with van der Waals surface area (Å²) in [5.41, 5.74) is 0. The molecule has 0 aromatic heterocycles. The summed E-state index contributed by atoms with van der Waals surface area (Å²) >= 11 is 0. The molecule has 1 atom stereocenters. The average Bonchev–Trinajstić information content (AvgIpc) is 2.51. The second-order valence-corrected chi connectivity index (χ2v) is 6.10. The standard InChI is InChI=1S/C7H12ClNO3S/c1-6(13(8,11)12)7(10)9-4-2-3-5-9/h6H,2-5H2,1H3/t6-/m1/s1. The Balaban J connectivity index is 2.67. The first-order chi connectivity index (χ1) is 5.93. The van der Waals surface area contributed by atoms with Gasteiger partial charge >= 0.3 is 0 Å². The average molecular weight is 226 g/mol. The fourth-order valence-corrected chi connectivity index (χ4v) is 1.93. The van der Waals surface area contributed by atoms with E-state index in [1.807, 2.05) is 0 Å². The van der Waals surface area contributed by atoms with Gasteiger partial charge in [-0.25, -0.2) is 8.42 Å². The third-order valence-electron chi connectivity index (χ3n) is 2.19. The number of nitrogens with zero attached hydrogens (tertiary/aromatic N) is 1. The zero-order valence-electron chi connectivity index (χ0n) is 7.36. The van der Waals surface area contributed by atoms with Crippen molar-refractivity contribution >= 4 is 25.6 Å². The summed E-state index contributed by atoms with van der Waals surface area (Å²) in [5.74, 6) is -0.382. The number of carbonyl (C=O) groups excluding carboxylic acids is 1. The summed E-state index contributed by atoms with van der Waals surface area (Å²) in [4.78, 5) is 13.0. The lowest BCUT2D eigenvalue weighted by atomic mass is 10.4. The highest BCUT2D eigenvalue weighted by molar-refractivity contribution is 8.14. The Labute approximate surface area is 82.3 Å². The van der Waals surface area contributed by atoms with Crippen molar-refractivity contribution in [2.75, 3.05) is 13.1 Å². The van der Waals surface area contributed by atoms with Crippen LogP contribution in [-0.4, -0.2) is 37.6 Å². The van der Waals surface area contributed by atoms with Crippen LogP contribution in [0.5, 0.6) is 0 Å². The molecule has 6 heteroatoms. The van der Waals surface area contributed by atoms with E-state index in [0.29, 0.717) is 13.1 Å². The molecule has 1 heterocycles. The van der Waals surface area contributed by atoms with Gasteiger partial charge in [0.2, 0.25) is 15.0 Å². The van der Waals surface area contributed by atoms with Gasteiger partial charge in [-0.15, -0.1) is 0 Å². The number of hydrogen-bond donors (Lipinski definition) is 0. The summed E-state index contributed by atoms with van der Waals surface area (Å²) in [6, 6.07) is 0. The molecule has 76 valence electrons. The maximum atomic E-state index is 11.5. The van der Waals surface area contributed by atoms with Gasteiger partial charge < -0.3 is 4.90 Å². The van der Waals surface area contributed by atoms with E-state index in [2.05, 4.69) is 0 Å². The van der Waals surface area contributed by atoms with Gasteiger partial charge in [0.05, 0.1) is 0 Å². The van der Waals surface area contributed by atoms with E-state index in [1.54, 1.807) is 4.90 Å². The molecule has 0 N–H and O–H groups in total. The number of amides is 1. The zero-order chi connectivity index (χ0) is 10.1. The van der Waals surface area contributed by atoms with Crippen LogP contribution in [0.1, 0.15) is 19.8 Å². The lowest BCUT2D eigenvalue weighted by molar-refractivity contribution is -0.129. The van der Waals surface area contributed by atoms with Gasteiger partial charge in [-0.05, 0) is 19.8 Å². The first-order valence-electron chi connectivity index (χ1n) is 4.15. The van der Waals surface area contributed by atoms with Gasteiger partial charge in [0.25, 0.3) is 0 Å². The first-order valence-corrected chi connectivity index (χ1v) is 6.52. The SMILES string of the molecule is C[C@H](C(=O)N1CCCC1)S(=O)(=O)Cl. The second kappa shape index (κ2) is 3.84. The van der Waals surface area contributed by atoms with Crippen LogP contribution in [0, 0.1) is 0 Å². The molecule has 1 aliphatic heterocycles. The maximum Gasteiger partial charge on any atom is 0.244 e. The van der Waals surface area contributed by atoms with Crippen molar-refractivity contribution in [3.8, 4) is 0 Å². The molecule has 1 amide bonds. The largest absolute Gasteiger partial charge is 0.342 e. The summed E-state index contributed by atoms with van der Waals surface area (Å²) < 4.78 is 21.7. The number of likely N-dealkylation sites (tertiary alicyclic amines) is 1. The first kappa shape index (κ1) is 10.8. The van der Waals surface area contributed by atoms with Crippen LogP contribution in [0.15, 0.2) is 0 Å². The molecule has 0 unspecified atom stereocenters. The van der Waals surface area contributed by atoms with Crippen molar-refractivity contribution in [2.45, 2.75) is 25.0 Å². The minimum absolute atomic E-state index is 0.382. The smallest absolute Gasteiger partial charge is 0.244 e. The van der Waals surface area contributed by atoms with E-state index in [4.69, 9.17) is 10.7 Å². The molecule has 1 rings (SSSR count). The molecular weight excluding hydrogens is 214 g/mol. The molecule has 0 radical (unpaired) electrons. The number of hydrogen-bond acceptors (Lipinski definition) is 3. The molecule has 0 saturated carbocycles. The van der Waals surface area contributed by atoms with Crippen LogP contribution in [0.2, 0.25) is 0 Å². The summed E-state index contributed by atoms with van der Waals surface area (Å²) in [6.07, 6.45) is 1.89. The van der Waals surface area contributed by atoms with Crippen molar-refractivity contribution in [1.82, 2.24) is 4.90 Å². The summed E-state index contributed by atoms with van der Waals surface area (Å²) in [6.45, 7) is 2.62. The van der Waals surface area contributed by atoms with Crippen LogP contribution in [-0.2, 0) is 13.8 Å². The molecule has 0 spiro atoms. The molecular formula is C7H12ClNO3S. The molecule has 1 aliphatic rings. The fraction of sp³-hybridized carbons (Fsp3) is 0.857. The van der Waals surface area contributed by atoms with Gasteiger partial charge in [-0.1, -0.05) is 0 Å². The van der Waals surface area contributed by atoms with E-state index in [1.165, 1.54) is 6.92 Å². The Morgan fingerprint density at radius 2 is 1.85 bits per heavy atom.